The van der Waals surface area contributed by atoms with Crippen LogP contribution in [0.25, 0.3) is 0 Å². The zero-order chi connectivity index (χ0) is 14.4. The zero-order valence-corrected chi connectivity index (χ0v) is 12.3. The van der Waals surface area contributed by atoms with Gasteiger partial charge in [0.15, 0.2) is 11.6 Å². The Morgan fingerprint density at radius 3 is 2.40 bits per heavy atom. The molecule has 1 amide bonds. The van der Waals surface area contributed by atoms with E-state index in [-0.39, 0.29) is 23.8 Å². The van der Waals surface area contributed by atoms with Gasteiger partial charge in [0.05, 0.1) is 5.92 Å². The van der Waals surface area contributed by atoms with Crippen molar-refractivity contribution in [3.8, 4) is 0 Å². The van der Waals surface area contributed by atoms with Gasteiger partial charge in [0.2, 0.25) is 5.91 Å². The molecule has 20 heavy (non-hydrogen) atoms. The van der Waals surface area contributed by atoms with Gasteiger partial charge in [-0.05, 0) is 43.2 Å². The monoisotopic (exact) mass is 344 g/mol. The Bertz CT molecular complexity index is 541. The molecule has 108 valence electrons. The summed E-state index contributed by atoms with van der Waals surface area (Å²) in [7, 11) is 0. The normalized spacial score (nSPS) is 31.6. The van der Waals surface area contributed by atoms with Gasteiger partial charge in [-0.1, -0.05) is 15.9 Å². The van der Waals surface area contributed by atoms with Crippen LogP contribution in [0, 0.1) is 29.4 Å². The van der Waals surface area contributed by atoms with Gasteiger partial charge in [-0.2, -0.15) is 0 Å². The summed E-state index contributed by atoms with van der Waals surface area (Å²) in [5.41, 5.74) is 5.67. The van der Waals surface area contributed by atoms with Gasteiger partial charge in [0, 0.05) is 10.5 Å². The molecule has 4 unspecified atom stereocenters. The molecule has 6 heteroatoms. The van der Waals surface area contributed by atoms with Gasteiger partial charge in [-0.15, -0.1) is 0 Å². The molecule has 2 aliphatic carbocycles. The molecule has 3 nitrogen and oxygen atoms in total. The van der Waals surface area contributed by atoms with Crippen molar-refractivity contribution in [3.05, 3.63) is 28.2 Å². The summed E-state index contributed by atoms with van der Waals surface area (Å²) in [6.07, 6.45) is 2.98. The van der Waals surface area contributed by atoms with E-state index in [0.717, 1.165) is 31.4 Å². The van der Waals surface area contributed by atoms with Crippen molar-refractivity contribution in [2.45, 2.75) is 25.3 Å². The summed E-state index contributed by atoms with van der Waals surface area (Å²) in [6.45, 7) is 0. The molecule has 0 aliphatic heterocycles. The van der Waals surface area contributed by atoms with E-state index in [1.807, 2.05) is 0 Å². The number of anilines is 1. The number of rotatable bonds is 2. The average molecular weight is 345 g/mol. The molecule has 2 bridgehead atoms. The second-order valence-electron chi connectivity index (χ2n) is 5.67. The Hall–Kier alpha value is -1.01. The lowest BCUT2D eigenvalue weighted by atomic mass is 9.84. The van der Waals surface area contributed by atoms with Crippen molar-refractivity contribution in [2.75, 3.05) is 5.32 Å². The van der Waals surface area contributed by atoms with Crippen LogP contribution < -0.4 is 11.1 Å². The molecule has 1 aromatic rings. The maximum Gasteiger partial charge on any atom is 0.229 e. The number of benzene rings is 1. The van der Waals surface area contributed by atoms with Gasteiger partial charge in [0.25, 0.3) is 0 Å². The molecule has 0 saturated heterocycles. The number of halogens is 3. The third-order valence-corrected chi connectivity index (χ3v) is 5.00. The van der Waals surface area contributed by atoms with Gasteiger partial charge < -0.3 is 11.1 Å². The number of nitrogens with two attached hydrogens (primary N) is 1. The van der Waals surface area contributed by atoms with Crippen LogP contribution >= 0.6 is 15.9 Å². The van der Waals surface area contributed by atoms with E-state index >= 15 is 0 Å². The Morgan fingerprint density at radius 2 is 1.85 bits per heavy atom. The first-order chi connectivity index (χ1) is 9.47. The van der Waals surface area contributed by atoms with Crippen molar-refractivity contribution < 1.29 is 13.6 Å². The average Bonchev–Trinajstić information content (AvgIpc) is 2.94. The van der Waals surface area contributed by atoms with Crippen LogP contribution in [0.3, 0.4) is 0 Å². The van der Waals surface area contributed by atoms with E-state index in [1.165, 1.54) is 0 Å². The molecule has 3 rings (SSSR count). The molecule has 0 radical (unpaired) electrons. The fourth-order valence-electron chi connectivity index (χ4n) is 3.59. The lowest BCUT2D eigenvalue weighted by molar-refractivity contribution is -0.121. The van der Waals surface area contributed by atoms with Crippen LogP contribution in [0.5, 0.6) is 0 Å². The van der Waals surface area contributed by atoms with Gasteiger partial charge in [-0.25, -0.2) is 8.78 Å². The summed E-state index contributed by atoms with van der Waals surface area (Å²) >= 11 is 3.00. The predicted octanol–water partition coefficient (Wildman–Crippen LogP) is 3.04. The van der Waals surface area contributed by atoms with Crippen LogP contribution in [-0.4, -0.2) is 11.9 Å². The standard InChI is InChI=1S/C14H15BrF2N2O/c15-8-4-9(16)13(10(17)5-8)19-14(20)11-6-1-2-7(3-6)12(11)18/h4-7,11-12H,1-3,18H2,(H,19,20). The van der Waals surface area contributed by atoms with Crippen LogP contribution in [0.15, 0.2) is 16.6 Å². The Labute approximate surface area is 124 Å². The summed E-state index contributed by atoms with van der Waals surface area (Å²) < 4.78 is 27.7. The molecular weight excluding hydrogens is 330 g/mol. The van der Waals surface area contributed by atoms with Crippen LogP contribution in [0.4, 0.5) is 14.5 Å². The van der Waals surface area contributed by atoms with E-state index in [0.29, 0.717) is 10.4 Å². The smallest absolute Gasteiger partial charge is 0.229 e. The van der Waals surface area contributed by atoms with Crippen LogP contribution in [-0.2, 0) is 4.79 Å². The molecular formula is C14H15BrF2N2O. The fourth-order valence-corrected chi connectivity index (χ4v) is 3.99. The van der Waals surface area contributed by atoms with E-state index < -0.39 is 17.3 Å². The molecule has 2 fully saturated rings. The number of nitrogens with one attached hydrogen (secondary N) is 1. The second-order valence-corrected chi connectivity index (χ2v) is 6.59. The minimum atomic E-state index is -0.790. The molecule has 2 aliphatic rings. The number of hydrogen-bond acceptors (Lipinski definition) is 2. The Kier molecular flexibility index (Phi) is 3.54. The van der Waals surface area contributed by atoms with Gasteiger partial charge in [0.1, 0.15) is 5.69 Å². The lowest BCUT2D eigenvalue weighted by Gasteiger charge is -2.27. The van der Waals surface area contributed by atoms with Crippen molar-refractivity contribution in [1.29, 1.82) is 0 Å². The first-order valence-electron chi connectivity index (χ1n) is 6.68. The highest BCUT2D eigenvalue weighted by Gasteiger charge is 2.49. The number of fused-ring (bicyclic) bond motifs is 2. The maximum atomic E-state index is 13.7. The van der Waals surface area contributed by atoms with Crippen molar-refractivity contribution in [1.82, 2.24) is 0 Å². The van der Waals surface area contributed by atoms with Crippen LogP contribution in [0.2, 0.25) is 0 Å². The highest BCUT2D eigenvalue weighted by molar-refractivity contribution is 9.10. The lowest BCUT2D eigenvalue weighted by Crippen LogP contribution is -2.42. The molecule has 0 heterocycles. The second kappa shape index (κ2) is 5.07. The SMILES string of the molecule is NC1C2CCC(C2)C1C(=O)Nc1c(F)cc(Br)cc1F. The quantitative estimate of drug-likeness (QED) is 0.866. The highest BCUT2D eigenvalue weighted by atomic mass is 79.9. The third kappa shape index (κ3) is 2.24. The molecule has 3 N–H and O–H groups in total. The Balaban J connectivity index is 1.80. The van der Waals surface area contributed by atoms with E-state index in [2.05, 4.69) is 21.2 Å². The van der Waals surface area contributed by atoms with Crippen molar-refractivity contribution >= 4 is 27.5 Å². The topological polar surface area (TPSA) is 55.1 Å². The predicted molar refractivity (Wildman–Crippen MR) is 75.0 cm³/mol. The first-order valence-corrected chi connectivity index (χ1v) is 7.47. The fraction of sp³-hybridized carbons (Fsp3) is 0.500. The first kappa shape index (κ1) is 13.9. The molecule has 0 spiro atoms. The summed E-state index contributed by atoms with van der Waals surface area (Å²) in [4.78, 5) is 12.3. The number of amides is 1. The van der Waals surface area contributed by atoms with E-state index in [4.69, 9.17) is 5.73 Å². The Morgan fingerprint density at radius 1 is 1.25 bits per heavy atom. The van der Waals surface area contributed by atoms with Crippen molar-refractivity contribution in [2.24, 2.45) is 23.5 Å². The zero-order valence-electron chi connectivity index (χ0n) is 10.7. The molecule has 4 atom stereocenters. The van der Waals surface area contributed by atoms with Crippen molar-refractivity contribution in [3.63, 3.8) is 0 Å². The molecule has 1 aromatic carbocycles. The number of hydrogen-bond donors (Lipinski definition) is 2. The third-order valence-electron chi connectivity index (χ3n) is 4.54. The minimum Gasteiger partial charge on any atom is -0.327 e. The van der Waals surface area contributed by atoms with Crippen LogP contribution in [0.1, 0.15) is 19.3 Å². The molecule has 2 saturated carbocycles. The summed E-state index contributed by atoms with van der Waals surface area (Å²) in [5, 5.41) is 2.37. The summed E-state index contributed by atoms with van der Waals surface area (Å²) in [5.74, 6) is -1.67. The van der Waals surface area contributed by atoms with Gasteiger partial charge in [-0.3, -0.25) is 4.79 Å². The number of carbonyl (C=O) groups is 1. The van der Waals surface area contributed by atoms with Gasteiger partial charge >= 0.3 is 0 Å². The largest absolute Gasteiger partial charge is 0.327 e. The maximum absolute atomic E-state index is 13.7. The molecule has 0 aromatic heterocycles. The van der Waals surface area contributed by atoms with E-state index in [9.17, 15) is 13.6 Å². The highest BCUT2D eigenvalue weighted by Crippen LogP contribution is 2.48. The minimum absolute atomic E-state index is 0.199. The number of carbonyl (C=O) groups excluding carboxylic acids is 1. The summed E-state index contributed by atoms with van der Waals surface area (Å²) in [6, 6.07) is 2.05. The van der Waals surface area contributed by atoms with E-state index in [1.54, 1.807) is 0 Å².